The van der Waals surface area contributed by atoms with Gasteiger partial charge in [0.15, 0.2) is 0 Å². The van der Waals surface area contributed by atoms with E-state index in [1.807, 2.05) is 37.3 Å². The van der Waals surface area contributed by atoms with Gasteiger partial charge in [0.25, 0.3) is 0 Å². The molecule has 10 nitrogen and oxygen atoms in total. The van der Waals surface area contributed by atoms with E-state index >= 15 is 0 Å². The van der Waals surface area contributed by atoms with Gasteiger partial charge in [0.1, 0.15) is 11.1 Å². The number of hydrogen-bond donors (Lipinski definition) is 1. The Morgan fingerprint density at radius 3 is 2.37 bits per heavy atom. The summed E-state index contributed by atoms with van der Waals surface area (Å²) in [4.78, 5) is 40.7. The lowest BCUT2D eigenvalue weighted by atomic mass is 9.92. The van der Waals surface area contributed by atoms with Gasteiger partial charge in [0.2, 0.25) is 11.8 Å². The molecule has 1 N–H and O–H groups in total. The van der Waals surface area contributed by atoms with Gasteiger partial charge in [-0.15, -0.1) is 10.2 Å². The molecule has 2 heterocycles. The van der Waals surface area contributed by atoms with Crippen LogP contribution in [0.4, 0.5) is 4.79 Å². The van der Waals surface area contributed by atoms with Crippen LogP contribution in [0.1, 0.15) is 64.8 Å². The van der Waals surface area contributed by atoms with Crippen LogP contribution in [0.2, 0.25) is 0 Å². The quantitative estimate of drug-likeness (QED) is 0.543. The third-order valence-corrected chi connectivity index (χ3v) is 5.62. The number of carbonyl (C=O) groups excluding carboxylic acids is 3. The smallest absolute Gasteiger partial charge is 0.408 e. The first kappa shape index (κ1) is 26.2. The van der Waals surface area contributed by atoms with Crippen molar-refractivity contribution < 1.29 is 23.5 Å². The zero-order chi connectivity index (χ0) is 25.6. The summed E-state index contributed by atoms with van der Waals surface area (Å²) < 4.78 is 11.4. The summed E-state index contributed by atoms with van der Waals surface area (Å²) in [6.07, 6.45) is 1.57. The standard InChI is InChI=1S/C25H35N5O5/c1-6-7-13-29-14-15-30(21(32)20(29)31)17-19-27-28-22(34-19)25(5,16-18-11-9-8-10-12-18)26-23(33)35-24(2,3)4/h8-12H,6-7,13-17H2,1-5H3,(H,26,33)/t25-/m0/s1. The number of hydrogen-bond acceptors (Lipinski definition) is 7. The van der Waals surface area contributed by atoms with Crippen molar-refractivity contribution in [2.24, 2.45) is 0 Å². The summed E-state index contributed by atoms with van der Waals surface area (Å²) in [5.74, 6) is -0.716. The summed E-state index contributed by atoms with van der Waals surface area (Å²) in [6.45, 7) is 10.6. The number of amides is 3. The minimum absolute atomic E-state index is 0.0209. The maximum absolute atomic E-state index is 12.6. The molecule has 0 radical (unpaired) electrons. The third kappa shape index (κ3) is 7.03. The first-order valence-electron chi connectivity index (χ1n) is 12.0. The van der Waals surface area contributed by atoms with Gasteiger partial charge in [-0.1, -0.05) is 43.7 Å². The van der Waals surface area contributed by atoms with Crippen molar-refractivity contribution >= 4 is 17.9 Å². The number of unbranched alkanes of at least 4 members (excludes halogenated alkanes) is 1. The molecule has 1 atom stereocenters. The van der Waals surface area contributed by atoms with Crippen LogP contribution in [0.25, 0.3) is 0 Å². The summed E-state index contributed by atoms with van der Waals surface area (Å²) in [6, 6.07) is 9.60. The first-order chi connectivity index (χ1) is 16.5. The lowest BCUT2D eigenvalue weighted by Gasteiger charge is -2.33. The zero-order valence-electron chi connectivity index (χ0n) is 21.2. The monoisotopic (exact) mass is 485 g/mol. The van der Waals surface area contributed by atoms with Crippen molar-refractivity contribution in [3.8, 4) is 0 Å². The van der Waals surface area contributed by atoms with Gasteiger partial charge in [-0.3, -0.25) is 9.59 Å². The molecule has 0 saturated carbocycles. The number of benzene rings is 1. The van der Waals surface area contributed by atoms with Crippen LogP contribution >= 0.6 is 0 Å². The fourth-order valence-corrected chi connectivity index (χ4v) is 3.84. The molecule has 0 spiro atoms. The Kier molecular flexibility index (Phi) is 8.14. The van der Waals surface area contributed by atoms with Crippen molar-refractivity contribution in [2.75, 3.05) is 19.6 Å². The second-order valence-corrected chi connectivity index (χ2v) is 9.99. The highest BCUT2D eigenvalue weighted by molar-refractivity contribution is 6.35. The average Bonchev–Trinajstić information content (AvgIpc) is 3.25. The van der Waals surface area contributed by atoms with E-state index in [-0.39, 0.29) is 18.3 Å². The highest BCUT2D eigenvalue weighted by Crippen LogP contribution is 2.26. The Balaban J connectivity index is 1.76. The number of carbonyl (C=O) groups is 3. The second-order valence-electron chi connectivity index (χ2n) is 9.99. The topological polar surface area (TPSA) is 118 Å². The van der Waals surface area contributed by atoms with Crippen molar-refractivity contribution in [1.29, 1.82) is 0 Å². The van der Waals surface area contributed by atoms with Crippen molar-refractivity contribution in [1.82, 2.24) is 25.3 Å². The predicted octanol–water partition coefficient (Wildman–Crippen LogP) is 3.02. The van der Waals surface area contributed by atoms with Crippen LogP contribution in [0.15, 0.2) is 34.7 Å². The number of rotatable bonds is 9. The van der Waals surface area contributed by atoms with Crippen molar-refractivity contribution in [3.05, 3.63) is 47.7 Å². The average molecular weight is 486 g/mol. The molecule has 1 saturated heterocycles. The summed E-state index contributed by atoms with van der Waals surface area (Å²) in [5, 5.41) is 11.2. The van der Waals surface area contributed by atoms with E-state index in [9.17, 15) is 14.4 Å². The number of nitrogens with zero attached hydrogens (tertiary/aromatic N) is 4. The predicted molar refractivity (Wildman–Crippen MR) is 128 cm³/mol. The molecule has 1 aromatic carbocycles. The van der Waals surface area contributed by atoms with Gasteiger partial charge in [0, 0.05) is 26.1 Å². The van der Waals surface area contributed by atoms with Crippen LogP contribution in [-0.4, -0.2) is 63.1 Å². The van der Waals surface area contributed by atoms with E-state index in [2.05, 4.69) is 15.5 Å². The SMILES string of the molecule is CCCCN1CCN(Cc2nnc([C@](C)(Cc3ccccc3)NC(=O)OC(C)(C)C)o2)C(=O)C1=O. The second kappa shape index (κ2) is 10.9. The Bertz CT molecular complexity index is 1030. The van der Waals surface area contributed by atoms with E-state index < -0.39 is 29.0 Å². The van der Waals surface area contributed by atoms with Gasteiger partial charge in [-0.05, 0) is 39.7 Å². The Labute approximate surface area is 206 Å². The van der Waals surface area contributed by atoms with E-state index in [0.29, 0.717) is 26.1 Å². The van der Waals surface area contributed by atoms with Crippen molar-refractivity contribution in [3.63, 3.8) is 0 Å². The first-order valence-corrected chi connectivity index (χ1v) is 12.0. The largest absolute Gasteiger partial charge is 0.444 e. The van der Waals surface area contributed by atoms with Gasteiger partial charge in [-0.2, -0.15) is 0 Å². The molecule has 3 rings (SSSR count). The van der Waals surface area contributed by atoms with Crippen LogP contribution in [0.5, 0.6) is 0 Å². The van der Waals surface area contributed by atoms with Gasteiger partial charge < -0.3 is 24.3 Å². The summed E-state index contributed by atoms with van der Waals surface area (Å²) in [7, 11) is 0. The molecule has 190 valence electrons. The lowest BCUT2D eigenvalue weighted by Crippen LogP contribution is -2.54. The number of piperazine rings is 1. The number of aromatic nitrogens is 2. The minimum Gasteiger partial charge on any atom is -0.444 e. The molecule has 1 aromatic heterocycles. The Morgan fingerprint density at radius 1 is 1.06 bits per heavy atom. The molecule has 3 amide bonds. The number of nitrogens with one attached hydrogen (secondary N) is 1. The molecule has 10 heteroatoms. The molecular formula is C25H35N5O5. The van der Waals surface area contributed by atoms with E-state index in [0.717, 1.165) is 18.4 Å². The molecule has 2 aromatic rings. The van der Waals surface area contributed by atoms with Gasteiger partial charge >= 0.3 is 17.9 Å². The van der Waals surface area contributed by atoms with E-state index in [1.54, 1.807) is 32.6 Å². The zero-order valence-corrected chi connectivity index (χ0v) is 21.2. The van der Waals surface area contributed by atoms with Crippen LogP contribution < -0.4 is 5.32 Å². The van der Waals surface area contributed by atoms with Gasteiger partial charge in [0.05, 0.1) is 6.54 Å². The fraction of sp³-hybridized carbons (Fsp3) is 0.560. The minimum atomic E-state index is -1.06. The van der Waals surface area contributed by atoms with Crippen LogP contribution in [0.3, 0.4) is 0 Å². The molecule has 1 fully saturated rings. The highest BCUT2D eigenvalue weighted by Gasteiger charge is 2.38. The lowest BCUT2D eigenvalue weighted by molar-refractivity contribution is -0.156. The molecule has 0 aliphatic carbocycles. The van der Waals surface area contributed by atoms with E-state index in [4.69, 9.17) is 9.15 Å². The normalized spacial score (nSPS) is 16.3. The molecule has 0 unspecified atom stereocenters. The fourth-order valence-electron chi connectivity index (χ4n) is 3.84. The number of alkyl carbamates (subject to hydrolysis) is 1. The molecule has 0 bridgehead atoms. The van der Waals surface area contributed by atoms with Crippen LogP contribution in [-0.2, 0) is 32.8 Å². The van der Waals surface area contributed by atoms with Gasteiger partial charge in [-0.25, -0.2) is 4.79 Å². The van der Waals surface area contributed by atoms with Crippen molar-refractivity contribution in [2.45, 2.75) is 71.6 Å². The maximum Gasteiger partial charge on any atom is 0.408 e. The third-order valence-electron chi connectivity index (χ3n) is 5.62. The highest BCUT2D eigenvalue weighted by atomic mass is 16.6. The molecule has 1 aliphatic heterocycles. The molecule has 35 heavy (non-hydrogen) atoms. The Hall–Kier alpha value is -3.43. The Morgan fingerprint density at radius 2 is 1.71 bits per heavy atom. The maximum atomic E-state index is 12.6. The van der Waals surface area contributed by atoms with E-state index in [1.165, 1.54) is 4.90 Å². The summed E-state index contributed by atoms with van der Waals surface area (Å²) in [5.41, 5.74) is -0.785. The number of ether oxygens (including phenoxy) is 1. The van der Waals surface area contributed by atoms with Crippen LogP contribution in [0, 0.1) is 0 Å². The molecular weight excluding hydrogens is 450 g/mol. The summed E-state index contributed by atoms with van der Waals surface area (Å²) >= 11 is 0. The molecule has 1 aliphatic rings.